The van der Waals surface area contributed by atoms with Crippen molar-refractivity contribution in [1.82, 2.24) is 9.97 Å². The van der Waals surface area contributed by atoms with E-state index < -0.39 is 0 Å². The number of aromatic amines is 1. The van der Waals surface area contributed by atoms with Crippen molar-refractivity contribution in [1.29, 1.82) is 0 Å². The number of benzene rings is 2. The van der Waals surface area contributed by atoms with Crippen molar-refractivity contribution in [3.63, 3.8) is 0 Å². The van der Waals surface area contributed by atoms with Crippen molar-refractivity contribution < 1.29 is 9.59 Å². The number of rotatable bonds is 6. The van der Waals surface area contributed by atoms with Crippen LogP contribution in [-0.2, 0) is 4.79 Å². The third kappa shape index (κ3) is 5.15. The van der Waals surface area contributed by atoms with Crippen LogP contribution in [0.1, 0.15) is 17.3 Å². The number of hydrogen-bond donors (Lipinski definition) is 2. The molecule has 7 heteroatoms. The summed E-state index contributed by atoms with van der Waals surface area (Å²) in [6, 6.07) is 17.5. The molecule has 27 heavy (non-hydrogen) atoms. The Balaban J connectivity index is 1.69. The van der Waals surface area contributed by atoms with Crippen molar-refractivity contribution in [2.24, 2.45) is 0 Å². The van der Waals surface area contributed by atoms with E-state index in [4.69, 9.17) is 0 Å². The molecule has 0 aliphatic carbocycles. The van der Waals surface area contributed by atoms with Crippen molar-refractivity contribution in [3.8, 4) is 11.3 Å². The van der Waals surface area contributed by atoms with Crippen LogP contribution < -0.4 is 10.9 Å². The lowest BCUT2D eigenvalue weighted by Crippen LogP contribution is -2.10. The molecule has 0 unspecified atom stereocenters. The molecule has 0 bridgehead atoms. The predicted octanol–water partition coefficient (Wildman–Crippen LogP) is 3.37. The van der Waals surface area contributed by atoms with Crippen LogP contribution in [0, 0.1) is 0 Å². The van der Waals surface area contributed by atoms with E-state index in [0.29, 0.717) is 22.1 Å². The second-order valence-corrected chi connectivity index (χ2v) is 6.74. The van der Waals surface area contributed by atoms with Gasteiger partial charge in [-0.15, -0.1) is 0 Å². The van der Waals surface area contributed by atoms with Crippen LogP contribution in [0.25, 0.3) is 11.3 Å². The number of carbonyl (C=O) groups is 2. The fraction of sp³-hybridized carbons (Fsp3) is 0.100. The fourth-order valence-corrected chi connectivity index (χ4v) is 3.19. The van der Waals surface area contributed by atoms with Gasteiger partial charge < -0.3 is 10.3 Å². The van der Waals surface area contributed by atoms with E-state index in [1.54, 1.807) is 24.3 Å². The summed E-state index contributed by atoms with van der Waals surface area (Å²) >= 11 is 1.18. The Morgan fingerprint density at radius 1 is 1.07 bits per heavy atom. The molecule has 0 spiro atoms. The van der Waals surface area contributed by atoms with Gasteiger partial charge in [0.05, 0.1) is 11.4 Å². The average molecular weight is 379 g/mol. The Labute approximate surface area is 160 Å². The second-order valence-electron chi connectivity index (χ2n) is 5.77. The number of ketones is 1. The minimum absolute atomic E-state index is 0.0952. The number of hydrogen-bond acceptors (Lipinski definition) is 5. The first kappa shape index (κ1) is 18.6. The molecule has 3 rings (SSSR count). The van der Waals surface area contributed by atoms with Crippen LogP contribution in [0.3, 0.4) is 0 Å². The molecule has 0 radical (unpaired) electrons. The highest BCUT2D eigenvalue weighted by molar-refractivity contribution is 7.99. The van der Waals surface area contributed by atoms with Crippen molar-refractivity contribution in [2.75, 3.05) is 11.1 Å². The minimum atomic E-state index is -0.265. The summed E-state index contributed by atoms with van der Waals surface area (Å²) in [6.45, 7) is 1.42. The van der Waals surface area contributed by atoms with E-state index in [-0.39, 0.29) is 23.0 Å². The number of carbonyl (C=O) groups excluding carboxylic acids is 2. The number of nitrogens with one attached hydrogen (secondary N) is 2. The van der Waals surface area contributed by atoms with E-state index in [2.05, 4.69) is 15.3 Å². The molecule has 0 fully saturated rings. The topological polar surface area (TPSA) is 91.9 Å². The van der Waals surface area contributed by atoms with Crippen LogP contribution in [0.5, 0.6) is 0 Å². The number of Topliss-reactive ketones (excluding diaryl/α,β-unsaturated/α-hetero) is 1. The van der Waals surface area contributed by atoms with Gasteiger partial charge in [-0.1, -0.05) is 42.1 Å². The zero-order valence-electron chi connectivity index (χ0n) is 14.6. The molecule has 1 aromatic heterocycles. The van der Waals surface area contributed by atoms with Gasteiger partial charge in [0, 0.05) is 29.8 Å². The van der Waals surface area contributed by atoms with Gasteiger partial charge in [0.25, 0.3) is 5.56 Å². The second kappa shape index (κ2) is 8.46. The molecule has 0 aliphatic rings. The molecule has 2 aromatic carbocycles. The summed E-state index contributed by atoms with van der Waals surface area (Å²) in [4.78, 5) is 42.4. The lowest BCUT2D eigenvalue weighted by atomic mass is 10.1. The third-order valence-electron chi connectivity index (χ3n) is 3.66. The molecule has 0 saturated heterocycles. The first-order valence-corrected chi connectivity index (χ1v) is 9.20. The molecule has 0 atom stereocenters. The van der Waals surface area contributed by atoms with Crippen LogP contribution in [-0.4, -0.2) is 27.4 Å². The van der Waals surface area contributed by atoms with Gasteiger partial charge in [-0.25, -0.2) is 4.98 Å². The summed E-state index contributed by atoms with van der Waals surface area (Å²) in [7, 11) is 0. The Morgan fingerprint density at radius 2 is 1.78 bits per heavy atom. The zero-order chi connectivity index (χ0) is 19.2. The number of aromatic nitrogens is 2. The van der Waals surface area contributed by atoms with Crippen molar-refractivity contribution >= 4 is 29.1 Å². The van der Waals surface area contributed by atoms with E-state index in [9.17, 15) is 14.4 Å². The van der Waals surface area contributed by atoms with Gasteiger partial charge in [-0.3, -0.25) is 14.4 Å². The number of anilines is 1. The molecule has 1 heterocycles. The van der Waals surface area contributed by atoms with Crippen LogP contribution in [0.2, 0.25) is 0 Å². The average Bonchev–Trinajstić information content (AvgIpc) is 2.66. The fourth-order valence-electron chi connectivity index (χ4n) is 2.42. The summed E-state index contributed by atoms with van der Waals surface area (Å²) in [5.41, 5.74) is 2.30. The lowest BCUT2D eigenvalue weighted by Gasteiger charge is -2.05. The minimum Gasteiger partial charge on any atom is -0.326 e. The number of nitrogens with zero attached hydrogens (tertiary/aromatic N) is 1. The van der Waals surface area contributed by atoms with Gasteiger partial charge >= 0.3 is 0 Å². The highest BCUT2D eigenvalue weighted by Crippen LogP contribution is 2.20. The van der Waals surface area contributed by atoms with Gasteiger partial charge in [0.15, 0.2) is 10.9 Å². The maximum absolute atomic E-state index is 12.4. The largest absolute Gasteiger partial charge is 0.326 e. The van der Waals surface area contributed by atoms with Gasteiger partial charge in [-0.2, -0.15) is 0 Å². The molecule has 6 nitrogen and oxygen atoms in total. The summed E-state index contributed by atoms with van der Waals surface area (Å²) in [6.07, 6.45) is 0. The molecule has 2 N–H and O–H groups in total. The van der Waals surface area contributed by atoms with E-state index in [0.717, 1.165) is 5.56 Å². The van der Waals surface area contributed by atoms with E-state index in [1.807, 2.05) is 30.3 Å². The molecule has 1 amide bonds. The van der Waals surface area contributed by atoms with E-state index >= 15 is 0 Å². The molecule has 3 aromatic rings. The summed E-state index contributed by atoms with van der Waals surface area (Å²) < 4.78 is 0. The van der Waals surface area contributed by atoms with Crippen molar-refractivity contribution in [3.05, 3.63) is 76.6 Å². The van der Waals surface area contributed by atoms with Gasteiger partial charge in [0.2, 0.25) is 5.91 Å². The molecular formula is C20H17N3O3S. The van der Waals surface area contributed by atoms with Gasteiger partial charge in [0.1, 0.15) is 0 Å². The highest BCUT2D eigenvalue weighted by Gasteiger charge is 2.10. The Morgan fingerprint density at radius 3 is 2.44 bits per heavy atom. The summed E-state index contributed by atoms with van der Waals surface area (Å²) in [5.74, 6) is -0.124. The smallest absolute Gasteiger partial charge is 0.252 e. The standard InChI is InChI=1S/C20H17N3O3S/c1-13(24)21-16-9-7-15(8-10-16)18(25)12-27-20-22-17(11-19(26)23-20)14-5-3-2-4-6-14/h2-11H,12H2,1H3,(H,21,24)(H,22,23,26). The Kier molecular flexibility index (Phi) is 5.83. The van der Waals surface area contributed by atoms with Crippen LogP contribution in [0.15, 0.2) is 70.6 Å². The lowest BCUT2D eigenvalue weighted by molar-refractivity contribution is -0.114. The van der Waals surface area contributed by atoms with Gasteiger partial charge in [-0.05, 0) is 24.3 Å². The molecule has 136 valence electrons. The summed E-state index contributed by atoms with van der Waals surface area (Å²) in [5, 5.41) is 3.04. The number of H-pyrrole nitrogens is 1. The normalized spacial score (nSPS) is 10.4. The Bertz CT molecular complexity index is 1010. The maximum Gasteiger partial charge on any atom is 0.252 e. The first-order valence-electron chi connectivity index (χ1n) is 8.22. The molecule has 0 aliphatic heterocycles. The molecule has 0 saturated carbocycles. The Hall–Kier alpha value is -3.19. The zero-order valence-corrected chi connectivity index (χ0v) is 15.4. The number of thioether (sulfide) groups is 1. The van der Waals surface area contributed by atoms with E-state index in [1.165, 1.54) is 24.8 Å². The predicted molar refractivity (Wildman–Crippen MR) is 106 cm³/mol. The van der Waals surface area contributed by atoms with Crippen LogP contribution >= 0.6 is 11.8 Å². The SMILES string of the molecule is CC(=O)Nc1ccc(C(=O)CSc2nc(-c3ccccc3)cc(=O)[nH]2)cc1. The maximum atomic E-state index is 12.4. The number of amides is 1. The molecular weight excluding hydrogens is 362 g/mol. The first-order chi connectivity index (χ1) is 13.0. The monoisotopic (exact) mass is 379 g/mol. The van der Waals surface area contributed by atoms with Crippen molar-refractivity contribution in [2.45, 2.75) is 12.1 Å². The third-order valence-corrected chi connectivity index (χ3v) is 4.53. The van der Waals surface area contributed by atoms with Crippen LogP contribution in [0.4, 0.5) is 5.69 Å². The highest BCUT2D eigenvalue weighted by atomic mass is 32.2. The quantitative estimate of drug-likeness (QED) is 0.389.